The van der Waals surface area contributed by atoms with Crippen LogP contribution in [-0.2, 0) is 25.8 Å². The molecule has 1 unspecified atom stereocenters. The van der Waals surface area contributed by atoms with Gasteiger partial charge in [-0.2, -0.15) is 18.3 Å². The second kappa shape index (κ2) is 10.5. The molecule has 6 rings (SSSR count). The van der Waals surface area contributed by atoms with Gasteiger partial charge in [0.15, 0.2) is 0 Å². The van der Waals surface area contributed by atoms with Crippen molar-refractivity contribution in [3.8, 4) is 0 Å². The molecule has 0 saturated heterocycles. The first-order valence-electron chi connectivity index (χ1n) is 12.7. The summed E-state index contributed by atoms with van der Waals surface area (Å²) < 4.78 is 70.0. The van der Waals surface area contributed by atoms with E-state index in [2.05, 4.69) is 20.7 Å². The second-order valence-electron chi connectivity index (χ2n) is 9.97. The van der Waals surface area contributed by atoms with E-state index in [-0.39, 0.29) is 27.4 Å². The Kier molecular flexibility index (Phi) is 6.93. The summed E-state index contributed by atoms with van der Waals surface area (Å²) >= 11 is 6.34. The topological polar surface area (TPSA) is 92.2 Å². The van der Waals surface area contributed by atoms with E-state index in [1.807, 2.05) is 4.90 Å². The highest BCUT2D eigenvalue weighted by Crippen LogP contribution is 2.40. The molecule has 2 aliphatic heterocycles. The van der Waals surface area contributed by atoms with Crippen molar-refractivity contribution in [3.63, 3.8) is 0 Å². The monoisotopic (exact) mass is 602 g/mol. The van der Waals surface area contributed by atoms with Crippen LogP contribution >= 0.6 is 11.6 Å². The van der Waals surface area contributed by atoms with Crippen LogP contribution in [0.5, 0.6) is 0 Å². The van der Waals surface area contributed by atoms with E-state index in [1.165, 1.54) is 12.4 Å². The molecule has 2 N–H and O–H groups in total. The van der Waals surface area contributed by atoms with Gasteiger partial charge in [0.1, 0.15) is 23.8 Å². The van der Waals surface area contributed by atoms with Crippen LogP contribution in [0.2, 0.25) is 5.02 Å². The molecule has 4 aromatic rings. The normalized spacial score (nSPS) is 16.6. The molecule has 2 amide bonds. The van der Waals surface area contributed by atoms with E-state index in [0.29, 0.717) is 49.9 Å². The van der Waals surface area contributed by atoms with Crippen LogP contribution in [0.1, 0.15) is 54.8 Å². The average Bonchev–Trinajstić information content (AvgIpc) is 3.53. The number of alkyl halides is 3. The Bertz CT molecular complexity index is 1740. The molecule has 216 valence electrons. The van der Waals surface area contributed by atoms with Crippen LogP contribution in [0.25, 0.3) is 0 Å². The average molecular weight is 603 g/mol. The summed E-state index contributed by atoms with van der Waals surface area (Å²) in [6.07, 6.45) is -3.42. The lowest BCUT2D eigenvalue weighted by Gasteiger charge is -2.27. The van der Waals surface area contributed by atoms with Gasteiger partial charge < -0.3 is 10.6 Å². The molecule has 8 nitrogen and oxygen atoms in total. The Labute approximate surface area is 240 Å². The lowest BCUT2D eigenvalue weighted by molar-refractivity contribution is -0.137. The zero-order valence-corrected chi connectivity index (χ0v) is 22.2. The summed E-state index contributed by atoms with van der Waals surface area (Å²) in [6.45, 7) is 2.01. The van der Waals surface area contributed by atoms with Crippen LogP contribution in [0, 0.1) is 11.6 Å². The van der Waals surface area contributed by atoms with Crippen LogP contribution in [0.3, 0.4) is 0 Å². The van der Waals surface area contributed by atoms with Gasteiger partial charge in [-0.1, -0.05) is 11.6 Å². The molecular formula is C28H20ClF5N6O2. The molecular weight excluding hydrogens is 583 g/mol. The zero-order valence-electron chi connectivity index (χ0n) is 21.5. The summed E-state index contributed by atoms with van der Waals surface area (Å²) in [5, 5.41) is 9.61. The molecule has 2 aliphatic rings. The Balaban J connectivity index is 1.41. The number of nitrogens with one attached hydrogen (secondary N) is 2. The van der Waals surface area contributed by atoms with Crippen molar-refractivity contribution in [2.24, 2.45) is 0 Å². The standard InChI is InChI=1S/C28H20ClF5N6O2/c29-21-2-1-17(30)10-19(21)25-24-20(27(42)38-25)5-14(11-39-3-4-40-23(12-39)35-13-36-40)6-22(24)37-26(41)15-7-16(28(32,33)34)9-18(31)8-15/h1-2,5-10,13,25H,3-4,11-12H2,(H,37,41)(H,38,42). The highest BCUT2D eigenvalue weighted by Gasteiger charge is 2.36. The van der Waals surface area contributed by atoms with Gasteiger partial charge in [0.2, 0.25) is 0 Å². The number of carbonyl (C=O) groups excluding carboxylic acids is 2. The number of benzene rings is 3. The molecule has 42 heavy (non-hydrogen) atoms. The first kappa shape index (κ1) is 27.8. The van der Waals surface area contributed by atoms with Gasteiger partial charge in [0.05, 0.1) is 24.7 Å². The third-order valence-corrected chi connectivity index (χ3v) is 7.49. The van der Waals surface area contributed by atoms with E-state index in [9.17, 15) is 31.5 Å². The number of anilines is 1. The molecule has 0 bridgehead atoms. The number of halogens is 6. The minimum atomic E-state index is -4.88. The summed E-state index contributed by atoms with van der Waals surface area (Å²) in [6, 6.07) is 7.37. The lowest BCUT2D eigenvalue weighted by atomic mass is 9.94. The molecule has 0 spiro atoms. The van der Waals surface area contributed by atoms with Gasteiger partial charge >= 0.3 is 6.18 Å². The molecule has 3 aromatic carbocycles. The summed E-state index contributed by atoms with van der Waals surface area (Å²) in [5.41, 5.74) is -0.589. The number of rotatable bonds is 5. The molecule has 0 aliphatic carbocycles. The Morgan fingerprint density at radius 1 is 1.07 bits per heavy atom. The predicted molar refractivity (Wildman–Crippen MR) is 141 cm³/mol. The highest BCUT2D eigenvalue weighted by atomic mass is 35.5. The molecule has 14 heteroatoms. The van der Waals surface area contributed by atoms with Gasteiger partial charge in [-0.3, -0.25) is 14.5 Å². The van der Waals surface area contributed by atoms with Gasteiger partial charge in [-0.25, -0.2) is 18.4 Å². The molecule has 0 radical (unpaired) electrons. The van der Waals surface area contributed by atoms with Crippen LogP contribution in [0.15, 0.2) is 54.9 Å². The maximum Gasteiger partial charge on any atom is 0.416 e. The number of nitrogens with zero attached hydrogens (tertiary/aromatic N) is 4. The van der Waals surface area contributed by atoms with E-state index < -0.39 is 46.8 Å². The SMILES string of the molecule is O=C(Nc1cc(CN2CCn3ncnc3C2)cc2c1C(c1cc(F)ccc1Cl)NC2=O)c1cc(F)cc(C(F)(F)F)c1. The Morgan fingerprint density at radius 3 is 2.67 bits per heavy atom. The smallest absolute Gasteiger partial charge is 0.341 e. The van der Waals surface area contributed by atoms with Crippen molar-refractivity contribution in [2.45, 2.75) is 31.9 Å². The lowest BCUT2D eigenvalue weighted by Crippen LogP contribution is -2.33. The van der Waals surface area contributed by atoms with E-state index >= 15 is 0 Å². The van der Waals surface area contributed by atoms with Gasteiger partial charge in [0.25, 0.3) is 11.8 Å². The number of amides is 2. The molecule has 1 aromatic heterocycles. The van der Waals surface area contributed by atoms with E-state index in [0.717, 1.165) is 18.0 Å². The largest absolute Gasteiger partial charge is 0.416 e. The fraction of sp³-hybridized carbons (Fsp3) is 0.214. The van der Waals surface area contributed by atoms with Crippen molar-refractivity contribution >= 4 is 29.1 Å². The third-order valence-electron chi connectivity index (χ3n) is 7.15. The number of hydrogen-bond donors (Lipinski definition) is 2. The van der Waals surface area contributed by atoms with Crippen LogP contribution in [0.4, 0.5) is 27.6 Å². The van der Waals surface area contributed by atoms with Gasteiger partial charge in [0, 0.05) is 46.1 Å². The molecule has 3 heterocycles. The molecule has 0 saturated carbocycles. The fourth-order valence-electron chi connectivity index (χ4n) is 5.24. The number of fused-ring (bicyclic) bond motifs is 2. The molecule has 1 atom stereocenters. The first-order valence-corrected chi connectivity index (χ1v) is 13.0. The number of hydrogen-bond acceptors (Lipinski definition) is 5. The zero-order chi connectivity index (χ0) is 29.8. The van der Waals surface area contributed by atoms with Crippen molar-refractivity contribution in [2.75, 3.05) is 11.9 Å². The van der Waals surface area contributed by atoms with E-state index in [4.69, 9.17) is 11.6 Å². The maximum absolute atomic E-state index is 14.2. The second-order valence-corrected chi connectivity index (χ2v) is 10.4. The maximum atomic E-state index is 14.2. The quantitative estimate of drug-likeness (QED) is 0.301. The Hall–Kier alpha value is -4.36. The summed E-state index contributed by atoms with van der Waals surface area (Å²) in [4.78, 5) is 32.7. The first-order chi connectivity index (χ1) is 20.0. The third kappa shape index (κ3) is 5.32. The van der Waals surface area contributed by atoms with Crippen LogP contribution in [-0.4, -0.2) is 38.0 Å². The van der Waals surface area contributed by atoms with Gasteiger partial charge in [-0.05, 0) is 54.1 Å². The van der Waals surface area contributed by atoms with Crippen molar-refractivity contribution in [1.82, 2.24) is 25.0 Å². The highest BCUT2D eigenvalue weighted by molar-refractivity contribution is 6.31. The predicted octanol–water partition coefficient (Wildman–Crippen LogP) is 5.33. The minimum absolute atomic E-state index is 0.0779. The fourth-order valence-corrected chi connectivity index (χ4v) is 5.47. The van der Waals surface area contributed by atoms with Crippen molar-refractivity contribution < 1.29 is 31.5 Å². The Morgan fingerprint density at radius 2 is 1.88 bits per heavy atom. The minimum Gasteiger partial charge on any atom is -0.341 e. The van der Waals surface area contributed by atoms with E-state index in [1.54, 1.807) is 16.8 Å². The van der Waals surface area contributed by atoms with Crippen molar-refractivity contribution in [3.05, 3.63) is 111 Å². The van der Waals surface area contributed by atoms with Gasteiger partial charge in [-0.15, -0.1) is 0 Å². The summed E-state index contributed by atoms with van der Waals surface area (Å²) in [7, 11) is 0. The van der Waals surface area contributed by atoms with Crippen LogP contribution < -0.4 is 10.6 Å². The number of carbonyl (C=O) groups is 2. The summed E-state index contributed by atoms with van der Waals surface area (Å²) in [5.74, 6) is -2.66. The van der Waals surface area contributed by atoms with Crippen molar-refractivity contribution in [1.29, 1.82) is 0 Å². The molecule has 0 fully saturated rings. The number of aromatic nitrogens is 3.